The number of hydrogen-bond acceptors (Lipinski definition) is 4. The molecule has 3 rings (SSSR count). The summed E-state index contributed by atoms with van der Waals surface area (Å²) in [6.45, 7) is 1.96. The van der Waals surface area contributed by atoms with E-state index < -0.39 is 0 Å². The van der Waals surface area contributed by atoms with Gasteiger partial charge in [0.05, 0.1) is 23.3 Å². The predicted molar refractivity (Wildman–Crippen MR) is 89.6 cm³/mol. The fourth-order valence-corrected chi connectivity index (χ4v) is 3.02. The highest BCUT2D eigenvalue weighted by atomic mass is 16.1. The van der Waals surface area contributed by atoms with E-state index in [0.29, 0.717) is 0 Å². The minimum atomic E-state index is -0.0775. The maximum absolute atomic E-state index is 12.4. The first kappa shape index (κ1) is 15.7. The van der Waals surface area contributed by atoms with E-state index in [-0.39, 0.29) is 17.9 Å². The van der Waals surface area contributed by atoms with E-state index in [1.165, 1.54) is 0 Å². The third kappa shape index (κ3) is 3.27. The van der Waals surface area contributed by atoms with Gasteiger partial charge in [-0.25, -0.2) is 0 Å². The molecule has 6 nitrogen and oxygen atoms in total. The Balaban J connectivity index is 2.06. The maximum Gasteiger partial charge on any atom is 0.227 e. The standard InChI is InChI=1S/C17H23N5O/c1-11-5-3-4-6-13(18)14-9-12(7-8-19-14)16-15(21-17(11)23)10-20-22(16)2/h7-11,13H,3-6,18H2,1-2H3,(H,21,23)/t11-,13+/m1/s1. The van der Waals surface area contributed by atoms with Gasteiger partial charge < -0.3 is 11.1 Å². The Hall–Kier alpha value is -2.21. The highest BCUT2D eigenvalue weighted by Crippen LogP contribution is 2.30. The van der Waals surface area contributed by atoms with Crippen molar-refractivity contribution in [1.82, 2.24) is 14.8 Å². The molecule has 0 radical (unpaired) electrons. The second-order valence-electron chi connectivity index (χ2n) is 6.28. The molecule has 0 fully saturated rings. The summed E-state index contributed by atoms with van der Waals surface area (Å²) in [6, 6.07) is 3.84. The van der Waals surface area contributed by atoms with Crippen LogP contribution in [0.5, 0.6) is 0 Å². The quantitative estimate of drug-likeness (QED) is 0.783. The van der Waals surface area contributed by atoms with Crippen molar-refractivity contribution in [2.75, 3.05) is 5.32 Å². The average molecular weight is 313 g/mol. The summed E-state index contributed by atoms with van der Waals surface area (Å²) < 4.78 is 1.77. The van der Waals surface area contributed by atoms with Crippen molar-refractivity contribution in [2.45, 2.75) is 38.6 Å². The van der Waals surface area contributed by atoms with Crippen molar-refractivity contribution in [3.8, 4) is 11.3 Å². The van der Waals surface area contributed by atoms with Crippen molar-refractivity contribution >= 4 is 11.6 Å². The monoisotopic (exact) mass is 313 g/mol. The molecule has 2 atom stereocenters. The number of hydrogen-bond donors (Lipinski definition) is 2. The zero-order valence-corrected chi connectivity index (χ0v) is 13.6. The second-order valence-corrected chi connectivity index (χ2v) is 6.28. The third-order valence-electron chi connectivity index (χ3n) is 4.48. The second kappa shape index (κ2) is 6.50. The maximum atomic E-state index is 12.4. The smallest absolute Gasteiger partial charge is 0.227 e. The van der Waals surface area contributed by atoms with Gasteiger partial charge in [-0.05, 0) is 25.0 Å². The number of carbonyl (C=O) groups is 1. The van der Waals surface area contributed by atoms with Crippen LogP contribution in [0, 0.1) is 5.92 Å². The van der Waals surface area contributed by atoms with Crippen molar-refractivity contribution in [2.24, 2.45) is 18.7 Å². The van der Waals surface area contributed by atoms with Gasteiger partial charge in [0.15, 0.2) is 0 Å². The molecule has 2 bridgehead atoms. The molecule has 2 aromatic heterocycles. The van der Waals surface area contributed by atoms with Gasteiger partial charge in [-0.1, -0.05) is 19.8 Å². The molecule has 0 aliphatic carbocycles. The van der Waals surface area contributed by atoms with Crippen LogP contribution in [0.1, 0.15) is 44.3 Å². The lowest BCUT2D eigenvalue weighted by Crippen LogP contribution is -2.20. The first-order valence-electron chi connectivity index (χ1n) is 8.11. The molecule has 3 heterocycles. The number of rotatable bonds is 0. The van der Waals surface area contributed by atoms with Crippen LogP contribution in [0.4, 0.5) is 5.69 Å². The molecule has 122 valence electrons. The fourth-order valence-electron chi connectivity index (χ4n) is 3.02. The lowest BCUT2D eigenvalue weighted by atomic mass is 9.99. The molecular formula is C17H23N5O. The van der Waals surface area contributed by atoms with E-state index in [1.54, 1.807) is 17.1 Å². The highest BCUT2D eigenvalue weighted by Gasteiger charge is 2.19. The number of aromatic nitrogens is 3. The number of amides is 1. The molecule has 0 saturated heterocycles. The molecule has 3 N–H and O–H groups in total. The van der Waals surface area contributed by atoms with E-state index in [1.807, 2.05) is 26.1 Å². The molecule has 0 saturated carbocycles. The number of nitrogens with two attached hydrogens (primary N) is 1. The van der Waals surface area contributed by atoms with Crippen molar-refractivity contribution in [3.05, 3.63) is 30.2 Å². The highest BCUT2D eigenvalue weighted by molar-refractivity contribution is 5.95. The number of anilines is 1. The summed E-state index contributed by atoms with van der Waals surface area (Å²) in [6.07, 6.45) is 7.19. The van der Waals surface area contributed by atoms with E-state index in [4.69, 9.17) is 5.73 Å². The molecule has 2 aromatic rings. The van der Waals surface area contributed by atoms with Crippen molar-refractivity contribution < 1.29 is 4.79 Å². The lowest BCUT2D eigenvalue weighted by molar-refractivity contribution is -0.119. The minimum Gasteiger partial charge on any atom is -0.323 e. The fraction of sp³-hybridized carbons (Fsp3) is 0.471. The van der Waals surface area contributed by atoms with Crippen LogP contribution in [0.15, 0.2) is 24.5 Å². The molecule has 0 aromatic carbocycles. The molecule has 6 heteroatoms. The van der Waals surface area contributed by atoms with E-state index in [2.05, 4.69) is 15.4 Å². The minimum absolute atomic E-state index is 0.0266. The summed E-state index contributed by atoms with van der Waals surface area (Å²) in [5.74, 6) is 0.0124. The van der Waals surface area contributed by atoms with Crippen LogP contribution in [-0.4, -0.2) is 20.7 Å². The van der Waals surface area contributed by atoms with Crippen LogP contribution >= 0.6 is 0 Å². The van der Waals surface area contributed by atoms with Crippen LogP contribution in [0.25, 0.3) is 11.3 Å². The summed E-state index contributed by atoms with van der Waals surface area (Å²) in [7, 11) is 1.87. The number of nitrogens with zero attached hydrogens (tertiary/aromatic N) is 3. The SMILES string of the molecule is C[C@@H]1CCCC[C@H](N)c2cc(ccn2)-c2c(cnn2C)NC1=O. The van der Waals surface area contributed by atoms with Crippen LogP contribution < -0.4 is 11.1 Å². The Morgan fingerprint density at radius 2 is 2.13 bits per heavy atom. The van der Waals surface area contributed by atoms with Gasteiger partial charge in [-0.15, -0.1) is 0 Å². The predicted octanol–water partition coefficient (Wildman–Crippen LogP) is 2.63. The van der Waals surface area contributed by atoms with Crippen LogP contribution in [-0.2, 0) is 11.8 Å². The molecule has 0 unspecified atom stereocenters. The summed E-state index contributed by atoms with van der Waals surface area (Å²) >= 11 is 0. The van der Waals surface area contributed by atoms with Gasteiger partial charge >= 0.3 is 0 Å². The normalized spacial score (nSPS) is 22.3. The Bertz CT molecular complexity index is 709. The molecule has 1 amide bonds. The van der Waals surface area contributed by atoms with Crippen LogP contribution in [0.2, 0.25) is 0 Å². The zero-order chi connectivity index (χ0) is 16.4. The Labute approximate surface area is 136 Å². The molecule has 0 spiro atoms. The number of nitrogens with one attached hydrogen (secondary N) is 1. The molecule has 1 aliphatic heterocycles. The van der Waals surface area contributed by atoms with Crippen LogP contribution in [0.3, 0.4) is 0 Å². The molecule has 1 aliphatic rings. The summed E-state index contributed by atoms with van der Waals surface area (Å²) in [5.41, 5.74) is 9.74. The summed E-state index contributed by atoms with van der Waals surface area (Å²) in [4.78, 5) is 16.8. The zero-order valence-electron chi connectivity index (χ0n) is 13.6. The first-order chi connectivity index (χ1) is 11.1. The molecule has 23 heavy (non-hydrogen) atoms. The largest absolute Gasteiger partial charge is 0.323 e. The van der Waals surface area contributed by atoms with Gasteiger partial charge in [0.2, 0.25) is 5.91 Å². The summed E-state index contributed by atoms with van der Waals surface area (Å²) in [5, 5.41) is 7.31. The molecular weight excluding hydrogens is 290 g/mol. The first-order valence-corrected chi connectivity index (χ1v) is 8.11. The number of aryl methyl sites for hydroxylation is 1. The van der Waals surface area contributed by atoms with Gasteiger partial charge in [-0.3, -0.25) is 14.5 Å². The van der Waals surface area contributed by atoms with Gasteiger partial charge in [-0.2, -0.15) is 5.10 Å². The van der Waals surface area contributed by atoms with E-state index in [9.17, 15) is 4.79 Å². The van der Waals surface area contributed by atoms with Crippen molar-refractivity contribution in [1.29, 1.82) is 0 Å². The van der Waals surface area contributed by atoms with Crippen molar-refractivity contribution in [3.63, 3.8) is 0 Å². The lowest BCUT2D eigenvalue weighted by Gasteiger charge is -2.12. The number of fused-ring (bicyclic) bond motifs is 4. The Morgan fingerprint density at radius 3 is 2.96 bits per heavy atom. The average Bonchev–Trinajstić information content (AvgIpc) is 2.91. The third-order valence-corrected chi connectivity index (χ3v) is 4.48. The Kier molecular flexibility index (Phi) is 4.43. The van der Waals surface area contributed by atoms with Gasteiger partial charge in [0, 0.05) is 30.8 Å². The van der Waals surface area contributed by atoms with E-state index >= 15 is 0 Å². The number of carbonyl (C=O) groups excluding carboxylic acids is 1. The number of pyridine rings is 1. The van der Waals surface area contributed by atoms with Gasteiger partial charge in [0.1, 0.15) is 0 Å². The van der Waals surface area contributed by atoms with Gasteiger partial charge in [0.25, 0.3) is 0 Å². The Morgan fingerprint density at radius 1 is 1.35 bits per heavy atom. The van der Waals surface area contributed by atoms with E-state index in [0.717, 1.165) is 48.3 Å². The topological polar surface area (TPSA) is 85.8 Å².